The van der Waals surface area contributed by atoms with Gasteiger partial charge in [0.2, 0.25) is 0 Å². The van der Waals surface area contributed by atoms with E-state index in [0.29, 0.717) is 43.1 Å². The van der Waals surface area contributed by atoms with Gasteiger partial charge in [0.05, 0.1) is 23.9 Å². The zero-order valence-electron chi connectivity index (χ0n) is 22.1. The van der Waals surface area contributed by atoms with E-state index >= 15 is 0 Å². The second kappa shape index (κ2) is 11.1. The number of ether oxygens (including phenoxy) is 1. The molecule has 222 valence electrons. The molecule has 0 aliphatic carbocycles. The first-order valence-electron chi connectivity index (χ1n) is 13.2. The van der Waals surface area contributed by atoms with Crippen molar-refractivity contribution in [3.8, 4) is 11.3 Å². The lowest BCUT2D eigenvalue weighted by Gasteiger charge is -2.19. The van der Waals surface area contributed by atoms with Crippen molar-refractivity contribution in [2.75, 3.05) is 18.5 Å². The van der Waals surface area contributed by atoms with Crippen LogP contribution in [0.15, 0.2) is 60.8 Å². The molecule has 3 heterocycles. The molecule has 1 aromatic heterocycles. The number of carbonyl (C=O) groups is 2. The number of rotatable bonds is 6. The summed E-state index contributed by atoms with van der Waals surface area (Å²) < 4.78 is 75.7. The van der Waals surface area contributed by atoms with E-state index in [4.69, 9.17) is 16.3 Å². The molecule has 6 rings (SSSR count). The van der Waals surface area contributed by atoms with Gasteiger partial charge in [-0.25, -0.2) is 8.78 Å². The Hall–Kier alpha value is -4.29. The molecule has 13 heteroatoms. The van der Waals surface area contributed by atoms with Gasteiger partial charge in [-0.15, -0.1) is 0 Å². The second-order valence-electron chi connectivity index (χ2n) is 10.4. The molecule has 2 atom stereocenters. The van der Waals surface area contributed by atoms with Crippen LogP contribution in [0.4, 0.5) is 27.6 Å². The van der Waals surface area contributed by atoms with E-state index in [-0.39, 0.29) is 39.4 Å². The molecule has 3 aromatic carbocycles. The first kappa shape index (κ1) is 28.8. The van der Waals surface area contributed by atoms with E-state index in [0.717, 1.165) is 18.6 Å². The first-order chi connectivity index (χ1) is 20.5. The molecule has 7 nitrogen and oxygen atoms in total. The number of hydrogen-bond donors (Lipinski definition) is 2. The van der Waals surface area contributed by atoms with Crippen LogP contribution in [0.5, 0.6) is 0 Å². The molecule has 2 N–H and O–H groups in total. The van der Waals surface area contributed by atoms with Gasteiger partial charge in [0, 0.05) is 63.8 Å². The fraction of sp³-hybridized carbons (Fsp3) is 0.233. The number of aromatic nitrogens is 2. The molecule has 2 amide bonds. The summed E-state index contributed by atoms with van der Waals surface area (Å²) in [7, 11) is 0. The van der Waals surface area contributed by atoms with Gasteiger partial charge in [-0.1, -0.05) is 11.6 Å². The monoisotopic (exact) mass is 616 g/mol. The molecule has 1 unspecified atom stereocenters. The molecule has 1 saturated heterocycles. The van der Waals surface area contributed by atoms with Gasteiger partial charge in [-0.3, -0.25) is 14.3 Å². The van der Waals surface area contributed by atoms with Crippen molar-refractivity contribution in [1.82, 2.24) is 15.1 Å². The quantitative estimate of drug-likeness (QED) is 0.239. The topological polar surface area (TPSA) is 85.2 Å². The molecule has 2 aliphatic heterocycles. The number of alkyl halides is 3. The van der Waals surface area contributed by atoms with E-state index in [1.54, 1.807) is 29.1 Å². The maximum atomic E-state index is 14.3. The van der Waals surface area contributed by atoms with Gasteiger partial charge in [0.25, 0.3) is 11.8 Å². The normalized spacial score (nSPS) is 18.0. The predicted molar refractivity (Wildman–Crippen MR) is 147 cm³/mol. The van der Waals surface area contributed by atoms with Gasteiger partial charge in [-0.2, -0.15) is 18.3 Å². The fourth-order valence-corrected chi connectivity index (χ4v) is 5.65. The first-order valence-corrected chi connectivity index (χ1v) is 13.6. The minimum atomic E-state index is -4.89. The SMILES string of the molecule is O=C(Nc1cc(-c2ccnn2C[C@H]2CCOC2)cc2c1C(c1cc(F)ccc1Cl)NC2=O)c1cc(F)cc(C(F)(F)F)c1. The van der Waals surface area contributed by atoms with Gasteiger partial charge in [0.15, 0.2) is 0 Å². The summed E-state index contributed by atoms with van der Waals surface area (Å²) in [4.78, 5) is 26.6. The number of amides is 2. The minimum Gasteiger partial charge on any atom is -0.381 e. The largest absolute Gasteiger partial charge is 0.416 e. The Bertz CT molecular complexity index is 1750. The zero-order valence-corrected chi connectivity index (χ0v) is 22.9. The van der Waals surface area contributed by atoms with Crippen molar-refractivity contribution < 1.29 is 36.3 Å². The highest BCUT2D eigenvalue weighted by Crippen LogP contribution is 2.42. The van der Waals surface area contributed by atoms with Crippen molar-refractivity contribution in [1.29, 1.82) is 0 Å². The Morgan fingerprint density at radius 3 is 2.65 bits per heavy atom. The maximum absolute atomic E-state index is 14.3. The summed E-state index contributed by atoms with van der Waals surface area (Å²) in [6.45, 7) is 1.73. The van der Waals surface area contributed by atoms with Crippen LogP contribution in [0.3, 0.4) is 0 Å². The van der Waals surface area contributed by atoms with E-state index < -0.39 is 46.8 Å². The molecular formula is C30H22ClF5N4O3. The van der Waals surface area contributed by atoms with E-state index in [9.17, 15) is 31.5 Å². The summed E-state index contributed by atoms with van der Waals surface area (Å²) in [5, 5.41) is 9.85. The van der Waals surface area contributed by atoms with Crippen LogP contribution in [0.1, 0.15) is 49.9 Å². The van der Waals surface area contributed by atoms with Crippen molar-refractivity contribution in [2.45, 2.75) is 25.2 Å². The van der Waals surface area contributed by atoms with Crippen LogP contribution >= 0.6 is 11.6 Å². The van der Waals surface area contributed by atoms with Gasteiger partial charge in [-0.05, 0) is 61.0 Å². The lowest BCUT2D eigenvalue weighted by Crippen LogP contribution is -2.21. The Balaban J connectivity index is 1.47. The molecule has 0 bridgehead atoms. The lowest BCUT2D eigenvalue weighted by atomic mass is 9.93. The standard InChI is InChI=1S/C30H22ClF5N4O3/c31-23-2-1-19(32)12-21(23)27-26-22(29(42)39-27)9-16(25-3-5-37-40(25)13-15-4-6-43-14-15)10-24(26)38-28(41)17-7-18(30(34,35)36)11-20(33)8-17/h1-3,5,7-12,15,27H,4,6,13-14H2,(H,38,41)(H,39,42)/t15-,27?/m1/s1. The molecule has 2 aliphatic rings. The molecule has 1 fully saturated rings. The maximum Gasteiger partial charge on any atom is 0.416 e. The summed E-state index contributed by atoms with van der Waals surface area (Å²) in [5.74, 6) is -3.25. The van der Waals surface area contributed by atoms with Crippen LogP contribution < -0.4 is 10.6 Å². The van der Waals surface area contributed by atoms with Gasteiger partial charge >= 0.3 is 6.18 Å². The highest BCUT2D eigenvalue weighted by Gasteiger charge is 2.36. The Morgan fingerprint density at radius 2 is 1.91 bits per heavy atom. The number of carbonyl (C=O) groups excluding carboxylic acids is 2. The number of nitrogens with one attached hydrogen (secondary N) is 2. The average Bonchev–Trinajstić information content (AvgIpc) is 3.71. The Labute approximate surface area is 246 Å². The number of fused-ring (bicyclic) bond motifs is 1. The predicted octanol–water partition coefficient (Wildman–Crippen LogP) is 6.62. The van der Waals surface area contributed by atoms with Crippen LogP contribution in [-0.4, -0.2) is 34.8 Å². The number of nitrogens with zero attached hydrogens (tertiary/aromatic N) is 2. The molecule has 0 saturated carbocycles. The summed E-state index contributed by atoms with van der Waals surface area (Å²) in [6.07, 6.45) is -2.47. The number of hydrogen-bond acceptors (Lipinski definition) is 4. The summed E-state index contributed by atoms with van der Waals surface area (Å²) in [6, 6.07) is 8.96. The highest BCUT2D eigenvalue weighted by atomic mass is 35.5. The molecule has 0 radical (unpaired) electrons. The van der Waals surface area contributed by atoms with Gasteiger partial charge < -0.3 is 15.4 Å². The van der Waals surface area contributed by atoms with Crippen molar-refractivity contribution in [3.05, 3.63) is 105 Å². The van der Waals surface area contributed by atoms with Crippen molar-refractivity contribution in [3.63, 3.8) is 0 Å². The minimum absolute atomic E-state index is 0.0379. The molecule has 4 aromatic rings. The van der Waals surface area contributed by atoms with Gasteiger partial charge in [0.1, 0.15) is 11.6 Å². The zero-order chi connectivity index (χ0) is 30.5. The molecular weight excluding hydrogens is 595 g/mol. The third-order valence-corrected chi connectivity index (χ3v) is 7.80. The Morgan fingerprint density at radius 1 is 1.09 bits per heavy atom. The van der Waals surface area contributed by atoms with Crippen LogP contribution in [0.25, 0.3) is 11.3 Å². The van der Waals surface area contributed by atoms with Crippen LogP contribution in [0.2, 0.25) is 5.02 Å². The average molecular weight is 617 g/mol. The molecule has 43 heavy (non-hydrogen) atoms. The van der Waals surface area contributed by atoms with Crippen LogP contribution in [0, 0.1) is 17.6 Å². The number of anilines is 1. The highest BCUT2D eigenvalue weighted by molar-refractivity contribution is 6.31. The van der Waals surface area contributed by atoms with E-state index in [1.165, 1.54) is 6.07 Å². The van der Waals surface area contributed by atoms with Crippen molar-refractivity contribution >= 4 is 29.1 Å². The fourth-order valence-electron chi connectivity index (χ4n) is 5.43. The second-order valence-corrected chi connectivity index (χ2v) is 10.8. The number of benzene rings is 3. The van der Waals surface area contributed by atoms with Crippen molar-refractivity contribution in [2.24, 2.45) is 5.92 Å². The van der Waals surface area contributed by atoms with Crippen LogP contribution in [-0.2, 0) is 17.5 Å². The molecule has 0 spiro atoms. The summed E-state index contributed by atoms with van der Waals surface area (Å²) in [5.41, 5.74) is -0.253. The smallest absolute Gasteiger partial charge is 0.381 e. The third-order valence-electron chi connectivity index (χ3n) is 7.46. The third kappa shape index (κ3) is 5.72. The van der Waals surface area contributed by atoms with E-state index in [2.05, 4.69) is 15.7 Å². The summed E-state index contributed by atoms with van der Waals surface area (Å²) >= 11 is 6.36. The van der Waals surface area contributed by atoms with E-state index in [1.807, 2.05) is 0 Å². The number of halogens is 6. The Kier molecular flexibility index (Phi) is 7.43. The lowest BCUT2D eigenvalue weighted by molar-refractivity contribution is -0.137.